The minimum Gasteiger partial charge on any atom is -0.368 e. The van der Waals surface area contributed by atoms with Crippen molar-refractivity contribution in [2.24, 2.45) is 5.92 Å². The third-order valence-corrected chi connectivity index (χ3v) is 7.21. The standard InChI is InChI=1S/C28H29ClN4O2/c29-24-7-4-8-25(20-24)31-15-17-33(18-16-31)27(34)22-10-13-32(14-11-22)28(35)23-9-12-30-26(19-23)21-5-2-1-3-6-21/h1-9,12,19-20,22H,10-11,13-18H2. The van der Waals surface area contributed by atoms with Gasteiger partial charge in [-0.25, -0.2) is 0 Å². The van der Waals surface area contributed by atoms with E-state index in [0.717, 1.165) is 35.1 Å². The summed E-state index contributed by atoms with van der Waals surface area (Å²) < 4.78 is 0. The van der Waals surface area contributed by atoms with Gasteiger partial charge in [0.1, 0.15) is 0 Å². The number of nitrogens with zero attached hydrogens (tertiary/aromatic N) is 4. The van der Waals surface area contributed by atoms with Crippen LogP contribution in [0, 0.1) is 5.92 Å². The first-order valence-electron chi connectivity index (χ1n) is 12.2. The van der Waals surface area contributed by atoms with Crippen LogP contribution >= 0.6 is 11.6 Å². The van der Waals surface area contributed by atoms with Crippen LogP contribution in [-0.2, 0) is 4.79 Å². The van der Waals surface area contributed by atoms with E-state index in [1.54, 1.807) is 12.3 Å². The molecule has 2 amide bonds. The number of carbonyl (C=O) groups is 2. The van der Waals surface area contributed by atoms with Crippen molar-refractivity contribution < 1.29 is 9.59 Å². The van der Waals surface area contributed by atoms with Gasteiger partial charge in [0, 0.05) is 73.2 Å². The smallest absolute Gasteiger partial charge is 0.253 e. The van der Waals surface area contributed by atoms with Gasteiger partial charge >= 0.3 is 0 Å². The zero-order valence-electron chi connectivity index (χ0n) is 19.6. The van der Waals surface area contributed by atoms with Crippen LogP contribution < -0.4 is 4.90 Å². The highest BCUT2D eigenvalue weighted by Crippen LogP contribution is 2.25. The maximum atomic E-state index is 13.2. The minimum atomic E-state index is -0.0194. The molecule has 180 valence electrons. The topological polar surface area (TPSA) is 56.8 Å². The van der Waals surface area contributed by atoms with Crippen LogP contribution in [0.2, 0.25) is 5.02 Å². The predicted molar refractivity (Wildman–Crippen MR) is 139 cm³/mol. The van der Waals surface area contributed by atoms with Crippen LogP contribution in [-0.4, -0.2) is 65.9 Å². The first-order valence-corrected chi connectivity index (χ1v) is 12.6. The van der Waals surface area contributed by atoms with Gasteiger partial charge in [-0.2, -0.15) is 0 Å². The monoisotopic (exact) mass is 488 g/mol. The largest absolute Gasteiger partial charge is 0.368 e. The maximum absolute atomic E-state index is 13.2. The van der Waals surface area contributed by atoms with Gasteiger partial charge in [0.2, 0.25) is 5.91 Å². The van der Waals surface area contributed by atoms with Crippen LogP contribution in [0.3, 0.4) is 0 Å². The Bertz CT molecular complexity index is 1190. The fourth-order valence-electron chi connectivity index (χ4n) is 4.96. The average molecular weight is 489 g/mol. The number of benzene rings is 2. The molecule has 0 spiro atoms. The molecule has 0 atom stereocenters. The Morgan fingerprint density at radius 1 is 0.800 bits per heavy atom. The van der Waals surface area contributed by atoms with Crippen LogP contribution in [0.4, 0.5) is 5.69 Å². The number of anilines is 1. The fraction of sp³-hybridized carbons (Fsp3) is 0.321. The van der Waals surface area contributed by atoms with Crippen molar-refractivity contribution in [3.8, 4) is 11.3 Å². The van der Waals surface area contributed by atoms with Crippen LogP contribution in [0.25, 0.3) is 11.3 Å². The van der Waals surface area contributed by atoms with E-state index < -0.39 is 0 Å². The molecule has 6 nitrogen and oxygen atoms in total. The maximum Gasteiger partial charge on any atom is 0.253 e. The molecule has 2 aromatic carbocycles. The molecule has 0 saturated carbocycles. The van der Waals surface area contributed by atoms with Gasteiger partial charge < -0.3 is 14.7 Å². The van der Waals surface area contributed by atoms with E-state index >= 15 is 0 Å². The fourth-order valence-corrected chi connectivity index (χ4v) is 5.14. The molecule has 0 aliphatic carbocycles. The van der Waals surface area contributed by atoms with Crippen molar-refractivity contribution in [2.75, 3.05) is 44.2 Å². The van der Waals surface area contributed by atoms with Crippen LogP contribution in [0.15, 0.2) is 72.9 Å². The number of piperazine rings is 1. The normalized spacial score (nSPS) is 16.9. The first kappa shape index (κ1) is 23.4. The molecular formula is C28H29ClN4O2. The Morgan fingerprint density at radius 3 is 2.26 bits per heavy atom. The van der Waals surface area contributed by atoms with E-state index in [4.69, 9.17) is 11.6 Å². The summed E-state index contributed by atoms with van der Waals surface area (Å²) in [6.07, 6.45) is 3.10. The summed E-state index contributed by atoms with van der Waals surface area (Å²) in [5.74, 6) is 0.206. The van der Waals surface area contributed by atoms with E-state index in [1.165, 1.54) is 0 Å². The van der Waals surface area contributed by atoms with Crippen LogP contribution in [0.1, 0.15) is 23.2 Å². The number of likely N-dealkylation sites (tertiary alicyclic amines) is 1. The van der Waals surface area contributed by atoms with Crippen molar-refractivity contribution >= 4 is 29.1 Å². The zero-order chi connectivity index (χ0) is 24.2. The molecule has 1 aromatic heterocycles. The van der Waals surface area contributed by atoms with Crippen molar-refractivity contribution in [2.45, 2.75) is 12.8 Å². The van der Waals surface area contributed by atoms with Gasteiger partial charge in [-0.05, 0) is 43.2 Å². The lowest BCUT2D eigenvalue weighted by atomic mass is 9.94. The lowest BCUT2D eigenvalue weighted by Gasteiger charge is -2.39. The third kappa shape index (κ3) is 5.33. The van der Waals surface area contributed by atoms with Gasteiger partial charge in [-0.3, -0.25) is 14.6 Å². The summed E-state index contributed by atoms with van der Waals surface area (Å²) in [7, 11) is 0. The van der Waals surface area contributed by atoms with Gasteiger partial charge in [0.05, 0.1) is 5.69 Å². The SMILES string of the molecule is O=C(c1ccnc(-c2ccccc2)c1)N1CCC(C(=O)N2CCN(c3cccc(Cl)c3)CC2)CC1. The Labute approximate surface area is 211 Å². The summed E-state index contributed by atoms with van der Waals surface area (Å²) in [6, 6.07) is 21.3. The highest BCUT2D eigenvalue weighted by atomic mass is 35.5. The van der Waals surface area contributed by atoms with Crippen LogP contribution in [0.5, 0.6) is 0 Å². The number of pyridine rings is 1. The summed E-state index contributed by atoms with van der Waals surface area (Å²) in [6.45, 7) is 4.22. The molecule has 2 aliphatic heterocycles. The second kappa shape index (κ2) is 10.5. The molecule has 2 saturated heterocycles. The Balaban J connectivity index is 1.14. The number of aromatic nitrogens is 1. The second-order valence-electron chi connectivity index (χ2n) is 9.15. The van der Waals surface area contributed by atoms with E-state index in [0.29, 0.717) is 44.6 Å². The second-order valence-corrected chi connectivity index (χ2v) is 9.59. The van der Waals surface area contributed by atoms with E-state index in [9.17, 15) is 9.59 Å². The van der Waals surface area contributed by atoms with Gasteiger partial charge in [0.25, 0.3) is 5.91 Å². The number of hydrogen-bond acceptors (Lipinski definition) is 4. The lowest BCUT2D eigenvalue weighted by molar-refractivity contribution is -0.137. The molecule has 0 unspecified atom stereocenters. The molecule has 0 N–H and O–H groups in total. The number of hydrogen-bond donors (Lipinski definition) is 0. The number of rotatable bonds is 4. The molecule has 2 aliphatic rings. The Hall–Kier alpha value is -3.38. The number of halogens is 1. The minimum absolute atomic E-state index is 0.00520. The highest BCUT2D eigenvalue weighted by molar-refractivity contribution is 6.30. The number of piperidine rings is 1. The van der Waals surface area contributed by atoms with Crippen molar-refractivity contribution in [3.05, 3.63) is 83.5 Å². The van der Waals surface area contributed by atoms with Gasteiger partial charge in [-0.1, -0.05) is 48.0 Å². The first-order chi connectivity index (χ1) is 17.1. The van der Waals surface area contributed by atoms with Gasteiger partial charge in [0.15, 0.2) is 0 Å². The molecule has 2 fully saturated rings. The molecule has 3 aromatic rings. The summed E-state index contributed by atoms with van der Waals surface area (Å²) >= 11 is 6.13. The third-order valence-electron chi connectivity index (χ3n) is 6.97. The van der Waals surface area contributed by atoms with Crippen molar-refractivity contribution in [1.29, 1.82) is 0 Å². The zero-order valence-corrected chi connectivity index (χ0v) is 20.4. The molecule has 35 heavy (non-hydrogen) atoms. The van der Waals surface area contributed by atoms with E-state index in [2.05, 4.69) is 16.0 Å². The lowest BCUT2D eigenvalue weighted by Crippen LogP contribution is -2.52. The summed E-state index contributed by atoms with van der Waals surface area (Å²) in [5.41, 5.74) is 3.52. The molecule has 5 rings (SSSR count). The Morgan fingerprint density at radius 2 is 1.54 bits per heavy atom. The van der Waals surface area contributed by atoms with Crippen molar-refractivity contribution in [3.63, 3.8) is 0 Å². The highest BCUT2D eigenvalue weighted by Gasteiger charge is 2.32. The molecule has 0 radical (unpaired) electrons. The summed E-state index contributed by atoms with van der Waals surface area (Å²) in [4.78, 5) is 36.9. The van der Waals surface area contributed by atoms with Gasteiger partial charge in [-0.15, -0.1) is 0 Å². The molecular weight excluding hydrogens is 460 g/mol. The predicted octanol–water partition coefficient (Wildman–Crippen LogP) is 4.60. The number of carbonyl (C=O) groups excluding carboxylic acids is 2. The van der Waals surface area contributed by atoms with Crippen molar-refractivity contribution in [1.82, 2.24) is 14.8 Å². The number of amides is 2. The molecule has 0 bridgehead atoms. The van der Waals surface area contributed by atoms with E-state index in [1.807, 2.05) is 64.4 Å². The molecule has 7 heteroatoms. The average Bonchev–Trinajstić information content (AvgIpc) is 2.93. The molecule has 3 heterocycles. The quantitative estimate of drug-likeness (QED) is 0.538. The Kier molecular flexibility index (Phi) is 7.00. The summed E-state index contributed by atoms with van der Waals surface area (Å²) in [5, 5.41) is 0.727. The van der Waals surface area contributed by atoms with E-state index in [-0.39, 0.29) is 17.7 Å².